The Labute approximate surface area is 233 Å². The van der Waals surface area contributed by atoms with Crippen LogP contribution in [0.1, 0.15) is 11.1 Å². The first-order valence-corrected chi connectivity index (χ1v) is 12.8. The fourth-order valence-corrected chi connectivity index (χ4v) is 4.89. The van der Waals surface area contributed by atoms with Crippen LogP contribution in [0.25, 0.3) is 6.08 Å². The van der Waals surface area contributed by atoms with Gasteiger partial charge < -0.3 is 19.5 Å². The van der Waals surface area contributed by atoms with E-state index in [4.69, 9.17) is 37.4 Å². The molecule has 0 spiro atoms. The van der Waals surface area contributed by atoms with Gasteiger partial charge in [-0.3, -0.25) is 19.3 Å². The van der Waals surface area contributed by atoms with Crippen LogP contribution in [0.4, 0.5) is 10.5 Å². The van der Waals surface area contributed by atoms with Crippen molar-refractivity contribution in [2.45, 2.75) is 6.54 Å². The van der Waals surface area contributed by atoms with Crippen molar-refractivity contribution in [2.24, 2.45) is 0 Å². The van der Waals surface area contributed by atoms with Crippen LogP contribution in [0.2, 0.25) is 10.0 Å². The Kier molecular flexibility index (Phi) is 8.83. The summed E-state index contributed by atoms with van der Waals surface area (Å²) in [5.41, 5.74) is 1.75. The smallest absolute Gasteiger partial charge is 0.293 e. The molecule has 0 unspecified atom stereocenters. The van der Waals surface area contributed by atoms with Crippen LogP contribution < -0.4 is 19.5 Å². The highest BCUT2D eigenvalue weighted by Crippen LogP contribution is 2.36. The number of halogens is 2. The van der Waals surface area contributed by atoms with E-state index < -0.39 is 11.1 Å². The Balaban J connectivity index is 1.43. The van der Waals surface area contributed by atoms with Gasteiger partial charge in [0.1, 0.15) is 5.75 Å². The predicted molar refractivity (Wildman–Crippen MR) is 148 cm³/mol. The topological polar surface area (TPSA) is 94.2 Å². The minimum atomic E-state index is -0.432. The molecule has 1 heterocycles. The number of benzene rings is 3. The highest BCUT2D eigenvalue weighted by molar-refractivity contribution is 8.18. The van der Waals surface area contributed by atoms with Crippen LogP contribution in [0, 0.1) is 0 Å². The maximum Gasteiger partial charge on any atom is 0.293 e. The van der Waals surface area contributed by atoms with E-state index in [-0.39, 0.29) is 24.0 Å². The molecule has 4 rings (SSSR count). The third kappa shape index (κ3) is 6.42. The number of para-hydroxylation sites is 2. The molecule has 0 atom stereocenters. The zero-order valence-electron chi connectivity index (χ0n) is 20.3. The lowest BCUT2D eigenvalue weighted by molar-refractivity contribution is -0.123. The maximum atomic E-state index is 12.9. The van der Waals surface area contributed by atoms with Crippen molar-refractivity contribution < 1.29 is 28.6 Å². The molecule has 0 aliphatic carbocycles. The van der Waals surface area contributed by atoms with Crippen molar-refractivity contribution in [2.75, 3.05) is 26.1 Å². The van der Waals surface area contributed by atoms with E-state index >= 15 is 0 Å². The molecule has 1 aliphatic rings. The lowest BCUT2D eigenvalue weighted by Crippen LogP contribution is -2.27. The molecule has 38 heavy (non-hydrogen) atoms. The Morgan fingerprint density at radius 2 is 1.74 bits per heavy atom. The number of methoxy groups -OCH3 is 2. The van der Waals surface area contributed by atoms with Crippen molar-refractivity contribution in [1.82, 2.24) is 4.90 Å². The summed E-state index contributed by atoms with van der Waals surface area (Å²) in [6.07, 6.45) is 1.59. The molecule has 3 aromatic rings. The second-order valence-electron chi connectivity index (χ2n) is 7.95. The van der Waals surface area contributed by atoms with Crippen LogP contribution in [0.5, 0.6) is 17.2 Å². The first-order chi connectivity index (χ1) is 18.3. The number of nitrogens with one attached hydrogen (secondary N) is 1. The van der Waals surface area contributed by atoms with Gasteiger partial charge in [-0.2, -0.15) is 0 Å². The van der Waals surface area contributed by atoms with E-state index in [1.807, 2.05) is 0 Å². The second-order valence-corrected chi connectivity index (χ2v) is 9.79. The zero-order chi connectivity index (χ0) is 27.2. The highest BCUT2D eigenvalue weighted by atomic mass is 35.5. The molecule has 0 radical (unpaired) electrons. The number of carbonyl (C=O) groups excluding carboxylic acids is 3. The number of hydrogen-bond donors (Lipinski definition) is 1. The van der Waals surface area contributed by atoms with E-state index in [1.165, 1.54) is 14.2 Å². The van der Waals surface area contributed by atoms with E-state index in [0.717, 1.165) is 16.7 Å². The molecule has 0 aromatic heterocycles. The number of ether oxygens (including phenoxy) is 3. The molecular weight excluding hydrogens is 551 g/mol. The zero-order valence-corrected chi connectivity index (χ0v) is 22.7. The lowest BCUT2D eigenvalue weighted by Gasteiger charge is -2.14. The first kappa shape index (κ1) is 27.4. The number of carbonyl (C=O) groups is 3. The van der Waals surface area contributed by atoms with Crippen LogP contribution >= 0.6 is 35.0 Å². The molecule has 1 saturated heterocycles. The summed E-state index contributed by atoms with van der Waals surface area (Å²) in [6, 6.07) is 16.9. The molecule has 3 amide bonds. The molecular formula is C27H22Cl2N2O6S. The standard InChI is InChI=1S/C27H22Cl2N2O6S/c1-35-21-6-4-3-5-20(21)30-25(32)15-37-22-10-7-16(11-23(22)36-2)12-24-26(33)31(27(34)38-24)14-17-8-9-18(28)13-19(17)29/h3-13H,14-15H2,1-2H3,(H,30,32)/b24-12-. The monoisotopic (exact) mass is 572 g/mol. The van der Waals surface area contributed by atoms with Gasteiger partial charge in [0.05, 0.1) is 31.4 Å². The van der Waals surface area contributed by atoms with Crippen molar-refractivity contribution in [3.05, 3.63) is 86.7 Å². The average Bonchev–Trinajstić information content (AvgIpc) is 3.16. The predicted octanol–water partition coefficient (Wildman–Crippen LogP) is 6.26. The third-order valence-electron chi connectivity index (χ3n) is 5.44. The first-order valence-electron chi connectivity index (χ1n) is 11.2. The van der Waals surface area contributed by atoms with Crippen molar-refractivity contribution >= 4 is 63.8 Å². The van der Waals surface area contributed by atoms with Crippen molar-refractivity contribution in [3.63, 3.8) is 0 Å². The maximum absolute atomic E-state index is 12.9. The largest absolute Gasteiger partial charge is 0.495 e. The molecule has 0 bridgehead atoms. The quantitative estimate of drug-likeness (QED) is 0.302. The van der Waals surface area contributed by atoms with Gasteiger partial charge in [0, 0.05) is 10.0 Å². The van der Waals surface area contributed by atoms with E-state index in [2.05, 4.69) is 5.32 Å². The molecule has 1 aliphatic heterocycles. The van der Waals surface area contributed by atoms with E-state index in [0.29, 0.717) is 44.1 Å². The van der Waals surface area contributed by atoms with Crippen molar-refractivity contribution in [1.29, 1.82) is 0 Å². The van der Waals surface area contributed by atoms with Crippen LogP contribution in [-0.4, -0.2) is 42.8 Å². The van der Waals surface area contributed by atoms with Crippen LogP contribution in [0.3, 0.4) is 0 Å². The van der Waals surface area contributed by atoms with Gasteiger partial charge >= 0.3 is 0 Å². The summed E-state index contributed by atoms with van der Waals surface area (Å²) < 4.78 is 16.3. The number of amides is 3. The van der Waals surface area contributed by atoms with E-state index in [9.17, 15) is 14.4 Å². The molecule has 1 fully saturated rings. The minimum absolute atomic E-state index is 0.0328. The number of imide groups is 1. The van der Waals surface area contributed by atoms with Gasteiger partial charge in [-0.15, -0.1) is 0 Å². The summed E-state index contributed by atoms with van der Waals surface area (Å²) >= 11 is 13.0. The van der Waals surface area contributed by atoms with Gasteiger partial charge in [-0.05, 0) is 65.4 Å². The Bertz CT molecular complexity index is 1430. The molecule has 0 saturated carbocycles. The lowest BCUT2D eigenvalue weighted by atomic mass is 10.1. The molecule has 1 N–H and O–H groups in total. The fourth-order valence-electron chi connectivity index (χ4n) is 3.58. The van der Waals surface area contributed by atoms with Gasteiger partial charge in [-0.1, -0.05) is 47.5 Å². The average molecular weight is 573 g/mol. The van der Waals surface area contributed by atoms with Gasteiger partial charge in [0.15, 0.2) is 18.1 Å². The van der Waals surface area contributed by atoms with Gasteiger partial charge in [-0.25, -0.2) is 0 Å². The highest BCUT2D eigenvalue weighted by Gasteiger charge is 2.35. The van der Waals surface area contributed by atoms with E-state index in [1.54, 1.807) is 66.7 Å². The summed E-state index contributed by atoms with van der Waals surface area (Å²) in [7, 11) is 2.98. The number of nitrogens with zero attached hydrogens (tertiary/aromatic N) is 1. The number of thioether (sulfide) groups is 1. The third-order valence-corrected chi connectivity index (χ3v) is 6.94. The fraction of sp³-hybridized carbons (Fsp3) is 0.148. The summed E-state index contributed by atoms with van der Waals surface area (Å²) in [6.45, 7) is -0.231. The Hall–Kier alpha value is -3.66. The summed E-state index contributed by atoms with van der Waals surface area (Å²) in [4.78, 5) is 39.2. The molecule has 3 aromatic carbocycles. The summed E-state index contributed by atoms with van der Waals surface area (Å²) in [5.74, 6) is 0.415. The molecule has 8 nitrogen and oxygen atoms in total. The minimum Gasteiger partial charge on any atom is -0.495 e. The Morgan fingerprint density at radius 1 is 0.974 bits per heavy atom. The summed E-state index contributed by atoms with van der Waals surface area (Å²) in [5, 5.41) is 3.17. The number of anilines is 1. The van der Waals surface area contributed by atoms with Gasteiger partial charge in [0.2, 0.25) is 0 Å². The normalized spacial score (nSPS) is 14.1. The number of hydrogen-bond acceptors (Lipinski definition) is 7. The SMILES string of the molecule is COc1ccccc1NC(=O)COc1ccc(/C=C2\SC(=O)N(Cc3ccc(Cl)cc3Cl)C2=O)cc1OC. The van der Waals surface area contributed by atoms with Gasteiger partial charge in [0.25, 0.3) is 17.1 Å². The van der Waals surface area contributed by atoms with Crippen LogP contribution in [-0.2, 0) is 16.1 Å². The van der Waals surface area contributed by atoms with Crippen LogP contribution in [0.15, 0.2) is 65.6 Å². The molecule has 11 heteroatoms. The number of rotatable bonds is 9. The molecule has 196 valence electrons. The Morgan fingerprint density at radius 3 is 2.47 bits per heavy atom. The second kappa shape index (κ2) is 12.3. The van der Waals surface area contributed by atoms with Crippen molar-refractivity contribution in [3.8, 4) is 17.2 Å².